The number of aliphatic hydroxyl groups is 1. The quantitative estimate of drug-likeness (QED) is 0.836. The lowest BCUT2D eigenvalue weighted by atomic mass is 9.77. The summed E-state index contributed by atoms with van der Waals surface area (Å²) in [5.74, 6) is -0.988. The van der Waals surface area contributed by atoms with Gasteiger partial charge in [0.1, 0.15) is 5.41 Å². The molecule has 1 atom stereocenters. The molecule has 0 saturated heterocycles. The summed E-state index contributed by atoms with van der Waals surface area (Å²) >= 11 is 0. The van der Waals surface area contributed by atoms with Gasteiger partial charge in [-0.25, -0.2) is 0 Å². The monoisotopic (exact) mass is 230 g/mol. The van der Waals surface area contributed by atoms with Gasteiger partial charge in [-0.3, -0.25) is 4.79 Å². The zero-order valence-electron chi connectivity index (χ0n) is 9.34. The normalized spacial score (nSPS) is 23.2. The Hall–Kier alpha value is -1.87. The molecule has 0 bridgehead atoms. The number of carboxylic acids is 1. The first-order valence-corrected chi connectivity index (χ1v) is 5.46. The maximum Gasteiger partial charge on any atom is 0.316 e. The summed E-state index contributed by atoms with van der Waals surface area (Å²) in [4.78, 5) is 11.2. The van der Waals surface area contributed by atoms with Crippen LogP contribution >= 0.6 is 0 Å². The second-order valence-electron chi connectivity index (χ2n) is 4.21. The van der Waals surface area contributed by atoms with E-state index in [1.807, 2.05) is 36.4 Å². The molecule has 0 amide bonds. The van der Waals surface area contributed by atoms with Crippen molar-refractivity contribution in [3.05, 3.63) is 54.1 Å². The first-order valence-electron chi connectivity index (χ1n) is 5.46. The highest BCUT2D eigenvalue weighted by Gasteiger charge is 2.37. The van der Waals surface area contributed by atoms with Crippen molar-refractivity contribution >= 4 is 11.5 Å². The average molecular weight is 230 g/mol. The van der Waals surface area contributed by atoms with Crippen LogP contribution in [0.5, 0.6) is 0 Å². The molecule has 2 N–H and O–H groups in total. The molecule has 17 heavy (non-hydrogen) atoms. The van der Waals surface area contributed by atoms with Crippen LogP contribution in [0.3, 0.4) is 0 Å². The third-order valence-electron chi connectivity index (χ3n) is 3.07. The van der Waals surface area contributed by atoms with Gasteiger partial charge in [0.2, 0.25) is 0 Å². The number of benzene rings is 1. The molecule has 2 rings (SSSR count). The molecule has 0 fully saturated rings. The van der Waals surface area contributed by atoms with Gasteiger partial charge >= 0.3 is 5.97 Å². The van der Waals surface area contributed by atoms with E-state index in [2.05, 4.69) is 0 Å². The predicted molar refractivity (Wildman–Crippen MR) is 65.3 cm³/mol. The number of allylic oxidation sites excluding steroid dienone is 3. The SMILES string of the molecule is O=C(O)C1(CO)C=CC=C(c2ccccc2)C1. The van der Waals surface area contributed by atoms with Gasteiger partial charge < -0.3 is 10.2 Å². The summed E-state index contributed by atoms with van der Waals surface area (Å²) in [6, 6.07) is 9.62. The maximum absolute atomic E-state index is 11.2. The molecule has 0 saturated carbocycles. The third kappa shape index (κ3) is 2.15. The fourth-order valence-corrected chi connectivity index (χ4v) is 1.98. The van der Waals surface area contributed by atoms with Crippen LogP contribution in [0, 0.1) is 5.41 Å². The van der Waals surface area contributed by atoms with E-state index in [4.69, 9.17) is 0 Å². The maximum atomic E-state index is 11.2. The van der Waals surface area contributed by atoms with Crippen LogP contribution in [0.4, 0.5) is 0 Å². The summed E-state index contributed by atoms with van der Waals surface area (Å²) in [6.07, 6.45) is 5.48. The van der Waals surface area contributed by atoms with E-state index < -0.39 is 11.4 Å². The second kappa shape index (κ2) is 4.55. The van der Waals surface area contributed by atoms with E-state index in [-0.39, 0.29) is 6.61 Å². The Balaban J connectivity index is 2.32. The third-order valence-corrected chi connectivity index (χ3v) is 3.07. The molecule has 0 heterocycles. The van der Waals surface area contributed by atoms with Crippen LogP contribution in [0.15, 0.2) is 48.6 Å². The van der Waals surface area contributed by atoms with E-state index >= 15 is 0 Å². The van der Waals surface area contributed by atoms with Gasteiger partial charge in [0, 0.05) is 0 Å². The number of carbonyl (C=O) groups is 1. The van der Waals surface area contributed by atoms with E-state index in [0.29, 0.717) is 6.42 Å². The highest BCUT2D eigenvalue weighted by molar-refractivity contribution is 5.83. The van der Waals surface area contributed by atoms with Crippen molar-refractivity contribution in [3.63, 3.8) is 0 Å². The van der Waals surface area contributed by atoms with Crippen molar-refractivity contribution in [2.45, 2.75) is 6.42 Å². The Morgan fingerprint density at radius 1 is 1.29 bits per heavy atom. The van der Waals surface area contributed by atoms with Crippen molar-refractivity contribution in [2.75, 3.05) is 6.61 Å². The number of hydrogen-bond donors (Lipinski definition) is 2. The van der Waals surface area contributed by atoms with Gasteiger partial charge in [0.15, 0.2) is 0 Å². The Labute approximate surface area is 99.7 Å². The highest BCUT2D eigenvalue weighted by Crippen LogP contribution is 2.36. The van der Waals surface area contributed by atoms with Crippen molar-refractivity contribution in [1.29, 1.82) is 0 Å². The van der Waals surface area contributed by atoms with Gasteiger partial charge in [0.05, 0.1) is 6.61 Å². The highest BCUT2D eigenvalue weighted by atomic mass is 16.4. The van der Waals surface area contributed by atoms with Gasteiger partial charge in [-0.15, -0.1) is 0 Å². The van der Waals surface area contributed by atoms with Crippen molar-refractivity contribution in [3.8, 4) is 0 Å². The molecule has 1 aliphatic carbocycles. The largest absolute Gasteiger partial charge is 0.481 e. The summed E-state index contributed by atoms with van der Waals surface area (Å²) in [5.41, 5.74) is 0.750. The Morgan fingerprint density at radius 2 is 2.00 bits per heavy atom. The predicted octanol–water partition coefficient (Wildman–Crippen LogP) is 2.09. The van der Waals surface area contributed by atoms with Crippen molar-refractivity contribution in [1.82, 2.24) is 0 Å². The topological polar surface area (TPSA) is 57.5 Å². The molecule has 0 aromatic heterocycles. The Kier molecular flexibility index (Phi) is 3.11. The number of rotatable bonds is 3. The molecule has 0 aliphatic heterocycles. The van der Waals surface area contributed by atoms with Crippen LogP contribution in [0.2, 0.25) is 0 Å². The standard InChI is InChI=1S/C14H14O3/c15-10-14(13(16)17)8-4-7-12(9-14)11-5-2-1-3-6-11/h1-8,15H,9-10H2,(H,16,17). The summed E-state index contributed by atoms with van der Waals surface area (Å²) in [5, 5.41) is 18.5. The Morgan fingerprint density at radius 3 is 2.59 bits per heavy atom. The van der Waals surface area contributed by atoms with Crippen LogP contribution in [0.25, 0.3) is 5.57 Å². The van der Waals surface area contributed by atoms with Gasteiger partial charge in [0.25, 0.3) is 0 Å². The van der Waals surface area contributed by atoms with Crippen molar-refractivity contribution < 1.29 is 15.0 Å². The molecular formula is C14H14O3. The van der Waals surface area contributed by atoms with Crippen LogP contribution in [-0.4, -0.2) is 22.8 Å². The van der Waals surface area contributed by atoms with Crippen LogP contribution < -0.4 is 0 Å². The number of aliphatic carboxylic acids is 1. The average Bonchev–Trinajstić information content (AvgIpc) is 2.39. The molecule has 1 unspecified atom stereocenters. The first-order chi connectivity index (χ1) is 8.18. The molecule has 1 aromatic carbocycles. The minimum Gasteiger partial charge on any atom is -0.481 e. The first kappa shape index (κ1) is 11.6. The number of carboxylic acid groups (broad SMARTS) is 1. The molecule has 0 spiro atoms. The Bertz CT molecular complexity index is 474. The van der Waals surface area contributed by atoms with Gasteiger partial charge in [-0.2, -0.15) is 0 Å². The van der Waals surface area contributed by atoms with Crippen LogP contribution in [0.1, 0.15) is 12.0 Å². The summed E-state index contributed by atoms with van der Waals surface area (Å²) < 4.78 is 0. The summed E-state index contributed by atoms with van der Waals surface area (Å²) in [7, 11) is 0. The molecule has 0 radical (unpaired) electrons. The van der Waals surface area contributed by atoms with Gasteiger partial charge in [-0.05, 0) is 17.6 Å². The summed E-state index contributed by atoms with van der Waals surface area (Å²) in [6.45, 7) is -0.386. The molecule has 1 aromatic rings. The lowest BCUT2D eigenvalue weighted by molar-refractivity contribution is -0.147. The smallest absolute Gasteiger partial charge is 0.316 e. The fraction of sp³-hybridized carbons (Fsp3) is 0.214. The van der Waals surface area contributed by atoms with E-state index in [1.165, 1.54) is 0 Å². The molecule has 3 heteroatoms. The lowest BCUT2D eigenvalue weighted by Gasteiger charge is -2.27. The minimum atomic E-state index is -1.18. The van der Waals surface area contributed by atoms with E-state index in [1.54, 1.807) is 12.2 Å². The van der Waals surface area contributed by atoms with Crippen LogP contribution in [-0.2, 0) is 4.79 Å². The zero-order chi connectivity index (χ0) is 12.3. The second-order valence-corrected chi connectivity index (χ2v) is 4.21. The van der Waals surface area contributed by atoms with Gasteiger partial charge in [-0.1, -0.05) is 48.6 Å². The van der Waals surface area contributed by atoms with Crippen molar-refractivity contribution in [2.24, 2.45) is 5.41 Å². The number of aliphatic hydroxyl groups excluding tert-OH is 1. The molecule has 88 valence electrons. The van der Waals surface area contributed by atoms with E-state index in [0.717, 1.165) is 11.1 Å². The molecule has 1 aliphatic rings. The lowest BCUT2D eigenvalue weighted by Crippen LogP contribution is -2.34. The minimum absolute atomic E-state index is 0.319. The molecular weight excluding hydrogens is 216 g/mol. The fourth-order valence-electron chi connectivity index (χ4n) is 1.98. The number of hydrogen-bond acceptors (Lipinski definition) is 2. The zero-order valence-corrected chi connectivity index (χ0v) is 9.34. The molecule has 3 nitrogen and oxygen atoms in total. The van der Waals surface area contributed by atoms with E-state index in [9.17, 15) is 15.0 Å².